The number of unbranched alkanes of at least 4 members (excludes halogenated alkanes) is 1. The highest BCUT2D eigenvalue weighted by Gasteiger charge is 2.36. The molecule has 3 amide bonds. The van der Waals surface area contributed by atoms with Gasteiger partial charge in [0.15, 0.2) is 0 Å². The van der Waals surface area contributed by atoms with Gasteiger partial charge in [0.25, 0.3) is 11.1 Å². The summed E-state index contributed by atoms with van der Waals surface area (Å²) >= 11 is 6.79. The first-order chi connectivity index (χ1) is 14.9. The Morgan fingerprint density at radius 1 is 1.29 bits per heavy atom. The molecule has 0 unspecified atom stereocenters. The van der Waals surface area contributed by atoms with Crippen LogP contribution in [0.5, 0.6) is 0 Å². The highest BCUT2D eigenvalue weighted by Crippen LogP contribution is 2.32. The molecule has 0 radical (unpaired) electrons. The van der Waals surface area contributed by atoms with Crippen LogP contribution in [0.15, 0.2) is 45.9 Å². The molecule has 1 fully saturated rings. The number of ether oxygens (including phenoxy) is 1. The average molecular weight is 463 g/mol. The number of hydrogen-bond donors (Lipinski definition) is 1. The number of nitrogens with zero attached hydrogens (tertiary/aromatic N) is 1. The maximum atomic E-state index is 12.5. The molecule has 0 bridgehead atoms. The van der Waals surface area contributed by atoms with Crippen LogP contribution >= 0.6 is 23.4 Å². The van der Waals surface area contributed by atoms with Gasteiger partial charge in [-0.3, -0.25) is 19.3 Å². The summed E-state index contributed by atoms with van der Waals surface area (Å²) in [4.78, 5) is 50.2. The third-order valence-corrected chi connectivity index (χ3v) is 5.43. The highest BCUT2D eigenvalue weighted by molar-refractivity contribution is 8.18. The van der Waals surface area contributed by atoms with E-state index in [0.717, 1.165) is 29.5 Å². The zero-order valence-electron chi connectivity index (χ0n) is 16.6. The predicted octanol–water partition coefficient (Wildman–Crippen LogP) is 4.56. The third-order valence-electron chi connectivity index (χ3n) is 4.19. The lowest BCUT2D eigenvalue weighted by Crippen LogP contribution is -2.36. The van der Waals surface area contributed by atoms with Gasteiger partial charge in [0.2, 0.25) is 5.91 Å². The molecule has 2 aromatic rings. The molecule has 10 heteroatoms. The first-order valence-electron chi connectivity index (χ1n) is 9.44. The summed E-state index contributed by atoms with van der Waals surface area (Å²) in [5.74, 6) is -1.36. The van der Waals surface area contributed by atoms with Crippen molar-refractivity contribution in [2.75, 3.05) is 18.5 Å². The molecule has 1 aliphatic heterocycles. The van der Waals surface area contributed by atoms with E-state index in [4.69, 9.17) is 20.8 Å². The second kappa shape index (κ2) is 10.3. The van der Waals surface area contributed by atoms with Gasteiger partial charge in [-0.25, -0.2) is 4.79 Å². The summed E-state index contributed by atoms with van der Waals surface area (Å²) in [6, 6.07) is 7.65. The molecule has 1 saturated heterocycles. The Morgan fingerprint density at radius 2 is 2.10 bits per heavy atom. The number of carbonyl (C=O) groups is 4. The number of rotatable bonds is 8. The molecule has 0 spiro atoms. The molecule has 162 valence electrons. The third kappa shape index (κ3) is 5.77. The van der Waals surface area contributed by atoms with E-state index in [1.54, 1.807) is 12.1 Å². The number of carbonyl (C=O) groups excluding carboxylic acids is 4. The number of furan rings is 1. The van der Waals surface area contributed by atoms with Gasteiger partial charge in [-0.15, -0.1) is 0 Å². The van der Waals surface area contributed by atoms with Crippen molar-refractivity contribution in [1.82, 2.24) is 4.90 Å². The number of imide groups is 1. The van der Waals surface area contributed by atoms with Gasteiger partial charge in [0.05, 0.1) is 28.4 Å². The normalized spacial score (nSPS) is 14.9. The maximum absolute atomic E-state index is 12.5. The molecule has 1 N–H and O–H groups in total. The van der Waals surface area contributed by atoms with Crippen LogP contribution in [0.3, 0.4) is 0 Å². The number of anilines is 1. The van der Waals surface area contributed by atoms with E-state index in [1.807, 2.05) is 6.92 Å². The van der Waals surface area contributed by atoms with Crippen LogP contribution in [-0.4, -0.2) is 41.1 Å². The van der Waals surface area contributed by atoms with Crippen LogP contribution in [0.2, 0.25) is 5.02 Å². The minimum atomic E-state index is -0.603. The van der Waals surface area contributed by atoms with E-state index in [-0.39, 0.29) is 27.8 Å². The molecular formula is C21H19ClN2O6S. The molecule has 2 heterocycles. The summed E-state index contributed by atoms with van der Waals surface area (Å²) in [5, 5.41) is 2.19. The molecule has 1 aromatic heterocycles. The second-order valence-electron chi connectivity index (χ2n) is 6.52. The first kappa shape index (κ1) is 22.6. The summed E-state index contributed by atoms with van der Waals surface area (Å²) in [6.07, 6.45) is 4.50. The lowest BCUT2D eigenvalue weighted by molar-refractivity contribution is -0.127. The van der Waals surface area contributed by atoms with E-state index in [2.05, 4.69) is 5.32 Å². The van der Waals surface area contributed by atoms with Gasteiger partial charge in [0, 0.05) is 11.8 Å². The van der Waals surface area contributed by atoms with E-state index in [0.29, 0.717) is 5.76 Å². The fraction of sp³-hybridized carbons (Fsp3) is 0.238. The van der Waals surface area contributed by atoms with Gasteiger partial charge in [-0.1, -0.05) is 24.9 Å². The summed E-state index contributed by atoms with van der Waals surface area (Å²) in [5.41, 5.74) is 0.401. The van der Waals surface area contributed by atoms with E-state index in [1.165, 1.54) is 30.5 Å². The molecular weight excluding hydrogens is 444 g/mol. The van der Waals surface area contributed by atoms with Crippen molar-refractivity contribution >= 4 is 58.1 Å². The van der Waals surface area contributed by atoms with Gasteiger partial charge in [-0.2, -0.15) is 0 Å². The standard InChI is InChI=1S/C21H19ClN2O6S/c1-2-3-8-30-20(27)15-10-13(6-7-16(15)22)23-18(25)12-24-19(26)17(31-21(24)28)11-14-5-4-9-29-14/h4-7,9-11H,2-3,8,12H2,1H3,(H,23,25)/b17-11+. The number of thioether (sulfide) groups is 1. The summed E-state index contributed by atoms with van der Waals surface area (Å²) < 4.78 is 10.3. The van der Waals surface area contributed by atoms with E-state index in [9.17, 15) is 19.2 Å². The minimum absolute atomic E-state index is 0.114. The number of benzene rings is 1. The van der Waals surface area contributed by atoms with Crippen LogP contribution in [0.1, 0.15) is 35.9 Å². The van der Waals surface area contributed by atoms with Crippen molar-refractivity contribution in [2.24, 2.45) is 0 Å². The lowest BCUT2D eigenvalue weighted by atomic mass is 10.2. The fourth-order valence-electron chi connectivity index (χ4n) is 2.63. The number of halogens is 1. The Bertz CT molecular complexity index is 1030. The largest absolute Gasteiger partial charge is 0.465 e. The van der Waals surface area contributed by atoms with Crippen LogP contribution in [-0.2, 0) is 14.3 Å². The molecule has 0 aliphatic carbocycles. The number of nitrogens with one attached hydrogen (secondary N) is 1. The smallest absolute Gasteiger partial charge is 0.339 e. The SMILES string of the molecule is CCCCOC(=O)c1cc(NC(=O)CN2C(=O)S/C(=C/c3ccco3)C2=O)ccc1Cl. The van der Waals surface area contributed by atoms with Crippen molar-refractivity contribution in [3.05, 3.63) is 57.8 Å². The number of esters is 1. The topological polar surface area (TPSA) is 106 Å². The zero-order valence-corrected chi connectivity index (χ0v) is 18.1. The first-order valence-corrected chi connectivity index (χ1v) is 10.6. The molecule has 1 aliphatic rings. The fourth-order valence-corrected chi connectivity index (χ4v) is 3.64. The summed E-state index contributed by atoms with van der Waals surface area (Å²) in [7, 11) is 0. The van der Waals surface area contributed by atoms with Crippen molar-refractivity contribution in [3.63, 3.8) is 0 Å². The summed E-state index contributed by atoms with van der Waals surface area (Å²) in [6.45, 7) is 1.77. The Kier molecular flexibility index (Phi) is 7.54. The number of amides is 3. The molecule has 8 nitrogen and oxygen atoms in total. The molecule has 31 heavy (non-hydrogen) atoms. The molecule has 0 atom stereocenters. The van der Waals surface area contributed by atoms with Gasteiger partial charge >= 0.3 is 5.97 Å². The second-order valence-corrected chi connectivity index (χ2v) is 7.92. The minimum Gasteiger partial charge on any atom is -0.465 e. The Morgan fingerprint density at radius 3 is 2.81 bits per heavy atom. The monoisotopic (exact) mass is 462 g/mol. The Hall–Kier alpha value is -3.04. The highest BCUT2D eigenvalue weighted by atomic mass is 35.5. The van der Waals surface area contributed by atoms with Crippen LogP contribution in [0.4, 0.5) is 10.5 Å². The maximum Gasteiger partial charge on any atom is 0.339 e. The van der Waals surface area contributed by atoms with Crippen molar-refractivity contribution in [1.29, 1.82) is 0 Å². The van der Waals surface area contributed by atoms with Crippen LogP contribution < -0.4 is 5.32 Å². The predicted molar refractivity (Wildman–Crippen MR) is 117 cm³/mol. The van der Waals surface area contributed by atoms with Crippen molar-refractivity contribution < 1.29 is 28.3 Å². The molecule has 1 aromatic carbocycles. The van der Waals surface area contributed by atoms with Crippen molar-refractivity contribution in [3.8, 4) is 0 Å². The molecule has 3 rings (SSSR count). The number of hydrogen-bond acceptors (Lipinski definition) is 7. The van der Waals surface area contributed by atoms with Crippen LogP contribution in [0.25, 0.3) is 6.08 Å². The van der Waals surface area contributed by atoms with E-state index >= 15 is 0 Å². The Balaban J connectivity index is 1.64. The Labute approximate surface area is 187 Å². The van der Waals surface area contributed by atoms with Crippen molar-refractivity contribution in [2.45, 2.75) is 19.8 Å². The van der Waals surface area contributed by atoms with E-state index < -0.39 is 29.6 Å². The van der Waals surface area contributed by atoms with Gasteiger partial charge in [0.1, 0.15) is 12.3 Å². The lowest BCUT2D eigenvalue weighted by Gasteiger charge is -2.13. The van der Waals surface area contributed by atoms with Gasteiger partial charge < -0.3 is 14.5 Å². The van der Waals surface area contributed by atoms with Gasteiger partial charge in [-0.05, 0) is 48.5 Å². The zero-order chi connectivity index (χ0) is 22.4. The quantitative estimate of drug-likeness (QED) is 0.348. The molecule has 0 saturated carbocycles. The average Bonchev–Trinajstić information content (AvgIpc) is 3.33. The van der Waals surface area contributed by atoms with Crippen LogP contribution in [0, 0.1) is 0 Å².